The number of nitrogens with one attached hydrogen (secondary N) is 2. The van der Waals surface area contributed by atoms with Gasteiger partial charge in [0.05, 0.1) is 6.33 Å². The average Bonchev–Trinajstić information content (AvgIpc) is 2.81. The average molecular weight is 252 g/mol. The number of rotatable bonds is 7. The maximum Gasteiger partial charge on any atom is 0.222 e. The van der Waals surface area contributed by atoms with Crippen molar-refractivity contribution in [2.75, 3.05) is 20.6 Å². The Morgan fingerprint density at radius 1 is 1.39 bits per heavy atom. The first-order valence-corrected chi connectivity index (χ1v) is 6.03. The standard InChI is InChI=1S/C12H20N4O2/c1-16(2)12(18)5-3-4-11(17)14-7-6-10-8-13-9-15-10/h8-9H,3-7H2,1-2H3,(H,13,15)(H,14,17). The highest BCUT2D eigenvalue weighted by atomic mass is 16.2. The highest BCUT2D eigenvalue weighted by Gasteiger charge is 2.06. The molecular formula is C12H20N4O2. The molecule has 0 saturated carbocycles. The molecule has 18 heavy (non-hydrogen) atoms. The molecule has 0 unspecified atom stereocenters. The Labute approximate surface area is 107 Å². The molecule has 1 rings (SSSR count). The SMILES string of the molecule is CN(C)C(=O)CCCC(=O)NCCc1cnc[nH]1. The Morgan fingerprint density at radius 3 is 2.78 bits per heavy atom. The lowest BCUT2D eigenvalue weighted by molar-refractivity contribution is -0.128. The summed E-state index contributed by atoms with van der Waals surface area (Å²) in [6.45, 7) is 0.586. The molecule has 1 aromatic heterocycles. The summed E-state index contributed by atoms with van der Waals surface area (Å²) in [6, 6.07) is 0. The maximum absolute atomic E-state index is 11.5. The molecule has 0 aliphatic rings. The molecule has 6 heteroatoms. The fourth-order valence-electron chi connectivity index (χ4n) is 1.47. The summed E-state index contributed by atoms with van der Waals surface area (Å²) in [6.07, 6.45) is 5.49. The number of nitrogens with zero attached hydrogens (tertiary/aromatic N) is 2. The molecule has 0 atom stereocenters. The van der Waals surface area contributed by atoms with Crippen LogP contribution in [0, 0.1) is 0 Å². The second kappa shape index (κ2) is 7.47. The van der Waals surface area contributed by atoms with Crippen molar-refractivity contribution in [2.45, 2.75) is 25.7 Å². The first kappa shape index (κ1) is 14.2. The van der Waals surface area contributed by atoms with Gasteiger partial charge in [0.25, 0.3) is 0 Å². The Kier molecular flexibility index (Phi) is 5.90. The van der Waals surface area contributed by atoms with Crippen molar-refractivity contribution < 1.29 is 9.59 Å². The van der Waals surface area contributed by atoms with E-state index in [4.69, 9.17) is 0 Å². The number of carbonyl (C=O) groups excluding carboxylic acids is 2. The number of aromatic amines is 1. The van der Waals surface area contributed by atoms with Crippen LogP contribution in [-0.2, 0) is 16.0 Å². The van der Waals surface area contributed by atoms with E-state index in [9.17, 15) is 9.59 Å². The molecular weight excluding hydrogens is 232 g/mol. The topological polar surface area (TPSA) is 78.1 Å². The normalized spacial score (nSPS) is 10.1. The van der Waals surface area contributed by atoms with Crippen LogP contribution in [0.4, 0.5) is 0 Å². The van der Waals surface area contributed by atoms with Gasteiger partial charge in [-0.15, -0.1) is 0 Å². The summed E-state index contributed by atoms with van der Waals surface area (Å²) in [5.41, 5.74) is 0.998. The zero-order valence-electron chi connectivity index (χ0n) is 10.9. The van der Waals surface area contributed by atoms with Crippen molar-refractivity contribution in [3.8, 4) is 0 Å². The summed E-state index contributed by atoms with van der Waals surface area (Å²) in [5, 5.41) is 2.81. The molecule has 0 spiro atoms. The van der Waals surface area contributed by atoms with Crippen LogP contribution in [0.15, 0.2) is 12.5 Å². The third kappa shape index (κ3) is 5.47. The van der Waals surface area contributed by atoms with E-state index in [0.29, 0.717) is 25.8 Å². The number of hydrogen-bond acceptors (Lipinski definition) is 3. The molecule has 2 N–H and O–H groups in total. The highest BCUT2D eigenvalue weighted by Crippen LogP contribution is 1.98. The largest absolute Gasteiger partial charge is 0.356 e. The molecule has 2 amide bonds. The molecule has 0 bridgehead atoms. The molecule has 0 aliphatic heterocycles. The van der Waals surface area contributed by atoms with E-state index in [1.165, 1.54) is 4.90 Å². The van der Waals surface area contributed by atoms with Crippen molar-refractivity contribution in [1.29, 1.82) is 0 Å². The van der Waals surface area contributed by atoms with Crippen molar-refractivity contribution in [3.63, 3.8) is 0 Å². The van der Waals surface area contributed by atoms with Crippen LogP contribution in [0.3, 0.4) is 0 Å². The van der Waals surface area contributed by atoms with Crippen molar-refractivity contribution in [1.82, 2.24) is 20.2 Å². The molecule has 0 radical (unpaired) electrons. The first-order valence-electron chi connectivity index (χ1n) is 6.03. The van der Waals surface area contributed by atoms with Gasteiger partial charge in [0.15, 0.2) is 0 Å². The summed E-state index contributed by atoms with van der Waals surface area (Å²) < 4.78 is 0. The van der Waals surface area contributed by atoms with Crippen LogP contribution in [0.1, 0.15) is 25.0 Å². The summed E-state index contributed by atoms with van der Waals surface area (Å²) >= 11 is 0. The minimum absolute atomic E-state index is 0.0129. The molecule has 0 fully saturated rings. The number of H-pyrrole nitrogens is 1. The van der Waals surface area contributed by atoms with E-state index in [1.54, 1.807) is 26.6 Å². The van der Waals surface area contributed by atoms with Crippen molar-refractivity contribution in [3.05, 3.63) is 18.2 Å². The highest BCUT2D eigenvalue weighted by molar-refractivity contribution is 5.78. The van der Waals surface area contributed by atoms with E-state index < -0.39 is 0 Å². The van der Waals surface area contributed by atoms with Crippen LogP contribution in [0.25, 0.3) is 0 Å². The van der Waals surface area contributed by atoms with E-state index in [1.807, 2.05) is 0 Å². The van der Waals surface area contributed by atoms with Gasteiger partial charge in [-0.05, 0) is 6.42 Å². The predicted molar refractivity (Wildman–Crippen MR) is 67.8 cm³/mol. The number of imidazole rings is 1. The maximum atomic E-state index is 11.5. The first-order chi connectivity index (χ1) is 8.59. The monoisotopic (exact) mass is 252 g/mol. The van der Waals surface area contributed by atoms with Gasteiger partial charge in [-0.25, -0.2) is 4.98 Å². The minimum atomic E-state index is -0.0129. The second-order valence-corrected chi connectivity index (χ2v) is 4.32. The second-order valence-electron chi connectivity index (χ2n) is 4.32. The van der Waals surface area contributed by atoms with Gasteiger partial charge < -0.3 is 15.2 Å². The number of aromatic nitrogens is 2. The van der Waals surface area contributed by atoms with Crippen LogP contribution in [-0.4, -0.2) is 47.3 Å². The van der Waals surface area contributed by atoms with Gasteiger partial charge in [0, 0.05) is 51.8 Å². The smallest absolute Gasteiger partial charge is 0.222 e. The molecule has 100 valence electrons. The van der Waals surface area contributed by atoms with E-state index in [2.05, 4.69) is 15.3 Å². The Morgan fingerprint density at radius 2 is 2.17 bits per heavy atom. The Bertz CT molecular complexity index is 373. The summed E-state index contributed by atoms with van der Waals surface area (Å²) in [4.78, 5) is 31.1. The van der Waals surface area contributed by atoms with Gasteiger partial charge in [-0.2, -0.15) is 0 Å². The lowest BCUT2D eigenvalue weighted by Crippen LogP contribution is -2.26. The Hall–Kier alpha value is -1.85. The van der Waals surface area contributed by atoms with Gasteiger partial charge in [0.2, 0.25) is 11.8 Å². The molecule has 0 saturated heterocycles. The van der Waals surface area contributed by atoms with E-state index in [-0.39, 0.29) is 11.8 Å². The lowest BCUT2D eigenvalue weighted by Gasteiger charge is -2.09. The van der Waals surface area contributed by atoms with Gasteiger partial charge >= 0.3 is 0 Å². The van der Waals surface area contributed by atoms with Crippen LogP contribution in [0.2, 0.25) is 0 Å². The summed E-state index contributed by atoms with van der Waals surface area (Å²) in [7, 11) is 3.43. The minimum Gasteiger partial charge on any atom is -0.356 e. The van der Waals surface area contributed by atoms with E-state index in [0.717, 1.165) is 12.1 Å². The lowest BCUT2D eigenvalue weighted by atomic mass is 10.2. The van der Waals surface area contributed by atoms with Crippen LogP contribution in [0.5, 0.6) is 0 Å². The van der Waals surface area contributed by atoms with Crippen LogP contribution >= 0.6 is 0 Å². The number of carbonyl (C=O) groups is 2. The fraction of sp³-hybridized carbons (Fsp3) is 0.583. The third-order valence-electron chi connectivity index (χ3n) is 2.56. The number of hydrogen-bond donors (Lipinski definition) is 2. The quantitative estimate of drug-likeness (QED) is 0.734. The zero-order chi connectivity index (χ0) is 13.4. The molecule has 1 aromatic rings. The third-order valence-corrected chi connectivity index (χ3v) is 2.56. The van der Waals surface area contributed by atoms with Crippen LogP contribution < -0.4 is 5.32 Å². The molecule has 0 aliphatic carbocycles. The van der Waals surface area contributed by atoms with Gasteiger partial charge in [-0.3, -0.25) is 9.59 Å². The van der Waals surface area contributed by atoms with E-state index >= 15 is 0 Å². The zero-order valence-corrected chi connectivity index (χ0v) is 10.9. The molecule has 0 aromatic carbocycles. The van der Waals surface area contributed by atoms with Crippen molar-refractivity contribution in [2.24, 2.45) is 0 Å². The molecule has 6 nitrogen and oxygen atoms in total. The number of amides is 2. The Balaban J connectivity index is 2.05. The van der Waals surface area contributed by atoms with Gasteiger partial charge in [0.1, 0.15) is 0 Å². The van der Waals surface area contributed by atoms with Gasteiger partial charge in [-0.1, -0.05) is 0 Å². The predicted octanol–water partition coefficient (Wildman–Crippen LogP) is 0.327. The van der Waals surface area contributed by atoms with Crippen molar-refractivity contribution >= 4 is 11.8 Å². The fourth-order valence-corrected chi connectivity index (χ4v) is 1.47. The molecule has 1 heterocycles. The summed E-state index contributed by atoms with van der Waals surface area (Å²) in [5.74, 6) is 0.0429.